The van der Waals surface area contributed by atoms with Gasteiger partial charge in [-0.2, -0.15) is 0 Å². The van der Waals surface area contributed by atoms with Crippen LogP contribution in [-0.2, 0) is 7.05 Å². The third-order valence-corrected chi connectivity index (χ3v) is 4.17. The van der Waals surface area contributed by atoms with Gasteiger partial charge in [-0.05, 0) is 24.1 Å². The van der Waals surface area contributed by atoms with Crippen LogP contribution < -0.4 is 9.47 Å². The maximum atomic E-state index is 12.4. The lowest BCUT2D eigenvalue weighted by atomic mass is 9.98. The second-order valence-electron chi connectivity index (χ2n) is 5.63. The smallest absolute Gasteiger partial charge is 0.276 e. The molecule has 1 atom stereocenters. The summed E-state index contributed by atoms with van der Waals surface area (Å²) < 4.78 is 12.3. The monoisotopic (exact) mass is 300 g/mol. The van der Waals surface area contributed by atoms with Crippen LogP contribution in [0.3, 0.4) is 0 Å². The predicted molar refractivity (Wildman–Crippen MR) is 76.8 cm³/mol. The third-order valence-electron chi connectivity index (χ3n) is 4.17. The van der Waals surface area contributed by atoms with E-state index in [0.717, 1.165) is 24.5 Å². The Hall–Kier alpha value is -2.57. The Morgan fingerprint density at radius 3 is 3.00 bits per heavy atom. The first kappa shape index (κ1) is 13.1. The Balaban J connectivity index is 1.49. The van der Waals surface area contributed by atoms with E-state index in [0.29, 0.717) is 18.2 Å². The van der Waals surface area contributed by atoms with Crippen molar-refractivity contribution in [2.45, 2.75) is 12.3 Å². The van der Waals surface area contributed by atoms with Crippen molar-refractivity contribution in [1.82, 2.24) is 19.9 Å². The van der Waals surface area contributed by atoms with Gasteiger partial charge in [0.1, 0.15) is 0 Å². The van der Waals surface area contributed by atoms with Gasteiger partial charge in [-0.25, -0.2) is 0 Å². The van der Waals surface area contributed by atoms with Gasteiger partial charge in [0.15, 0.2) is 17.2 Å². The zero-order valence-corrected chi connectivity index (χ0v) is 12.2. The second kappa shape index (κ2) is 5.01. The number of benzene rings is 1. The average Bonchev–Trinajstić information content (AvgIpc) is 3.25. The largest absolute Gasteiger partial charge is 0.454 e. The van der Waals surface area contributed by atoms with Gasteiger partial charge in [0, 0.05) is 26.1 Å². The zero-order chi connectivity index (χ0) is 15.1. The highest BCUT2D eigenvalue weighted by Gasteiger charge is 2.30. The summed E-state index contributed by atoms with van der Waals surface area (Å²) >= 11 is 0. The summed E-state index contributed by atoms with van der Waals surface area (Å²) in [4.78, 5) is 14.2. The Kier molecular flexibility index (Phi) is 2.99. The predicted octanol–water partition coefficient (Wildman–Crippen LogP) is 1.17. The number of amides is 1. The Labute approximate surface area is 127 Å². The zero-order valence-electron chi connectivity index (χ0n) is 12.2. The van der Waals surface area contributed by atoms with E-state index in [-0.39, 0.29) is 12.7 Å². The molecule has 4 rings (SSSR count). The highest BCUT2D eigenvalue weighted by molar-refractivity contribution is 5.92. The molecule has 1 fully saturated rings. The standard InChI is InChI=1S/C15H16N4O3/c1-18-8-12(16-17-18)15(20)19-5-4-11(7-19)10-2-3-13-14(6-10)22-9-21-13/h2-3,6,8,11H,4-5,7,9H2,1H3/t11-/m1/s1. The third kappa shape index (κ3) is 2.18. The Morgan fingerprint density at radius 1 is 1.32 bits per heavy atom. The molecule has 1 saturated heterocycles. The van der Waals surface area contributed by atoms with Crippen LogP contribution in [0, 0.1) is 0 Å². The number of hydrogen-bond donors (Lipinski definition) is 0. The van der Waals surface area contributed by atoms with Crippen LogP contribution >= 0.6 is 0 Å². The fourth-order valence-electron chi connectivity index (χ4n) is 2.99. The van der Waals surface area contributed by atoms with Crippen molar-refractivity contribution in [3.8, 4) is 11.5 Å². The molecule has 2 aliphatic heterocycles. The molecule has 0 unspecified atom stereocenters. The minimum absolute atomic E-state index is 0.0589. The molecule has 1 amide bonds. The van der Waals surface area contributed by atoms with Gasteiger partial charge in [-0.3, -0.25) is 9.48 Å². The van der Waals surface area contributed by atoms with Crippen molar-refractivity contribution >= 4 is 5.91 Å². The summed E-state index contributed by atoms with van der Waals surface area (Å²) in [5.41, 5.74) is 1.58. The summed E-state index contributed by atoms with van der Waals surface area (Å²) in [5, 5.41) is 7.70. The Morgan fingerprint density at radius 2 is 2.18 bits per heavy atom. The summed E-state index contributed by atoms with van der Waals surface area (Å²) in [6.45, 7) is 1.70. The van der Waals surface area contributed by atoms with E-state index in [1.54, 1.807) is 17.9 Å². The molecule has 0 N–H and O–H groups in total. The van der Waals surface area contributed by atoms with Gasteiger partial charge in [0.05, 0.1) is 6.20 Å². The van der Waals surface area contributed by atoms with E-state index in [1.807, 2.05) is 17.0 Å². The fourth-order valence-corrected chi connectivity index (χ4v) is 2.99. The quantitative estimate of drug-likeness (QED) is 0.833. The molecule has 3 heterocycles. The van der Waals surface area contributed by atoms with E-state index in [9.17, 15) is 4.79 Å². The number of carbonyl (C=O) groups excluding carboxylic acids is 1. The molecule has 0 bridgehead atoms. The van der Waals surface area contributed by atoms with Crippen LogP contribution in [-0.4, -0.2) is 45.7 Å². The first-order chi connectivity index (χ1) is 10.7. The lowest BCUT2D eigenvalue weighted by Crippen LogP contribution is -2.28. The number of aryl methyl sites for hydroxylation is 1. The Bertz CT molecular complexity index is 727. The van der Waals surface area contributed by atoms with Gasteiger partial charge in [-0.15, -0.1) is 5.10 Å². The lowest BCUT2D eigenvalue weighted by Gasteiger charge is -2.15. The number of fused-ring (bicyclic) bond motifs is 1. The first-order valence-corrected chi connectivity index (χ1v) is 7.26. The van der Waals surface area contributed by atoms with Gasteiger partial charge >= 0.3 is 0 Å². The van der Waals surface area contributed by atoms with Crippen LogP contribution in [0.2, 0.25) is 0 Å². The highest BCUT2D eigenvalue weighted by atomic mass is 16.7. The lowest BCUT2D eigenvalue weighted by molar-refractivity contribution is 0.0785. The van der Waals surface area contributed by atoms with Gasteiger partial charge in [0.2, 0.25) is 6.79 Å². The highest BCUT2D eigenvalue weighted by Crippen LogP contribution is 2.37. The van der Waals surface area contributed by atoms with E-state index in [2.05, 4.69) is 16.4 Å². The maximum absolute atomic E-state index is 12.4. The van der Waals surface area contributed by atoms with E-state index >= 15 is 0 Å². The number of carbonyl (C=O) groups is 1. The molecule has 114 valence electrons. The maximum Gasteiger partial charge on any atom is 0.276 e. The average molecular weight is 300 g/mol. The molecule has 7 heteroatoms. The number of hydrogen-bond acceptors (Lipinski definition) is 5. The van der Waals surface area contributed by atoms with Crippen molar-refractivity contribution in [2.24, 2.45) is 7.05 Å². The summed E-state index contributed by atoms with van der Waals surface area (Å²) in [6.07, 6.45) is 2.59. The number of rotatable bonds is 2. The molecule has 0 radical (unpaired) electrons. The molecule has 1 aromatic heterocycles. The van der Waals surface area contributed by atoms with Gasteiger partial charge in [-0.1, -0.05) is 11.3 Å². The van der Waals surface area contributed by atoms with E-state index in [1.165, 1.54) is 5.56 Å². The minimum atomic E-state index is -0.0589. The summed E-state index contributed by atoms with van der Waals surface area (Å²) in [6, 6.07) is 6.00. The second-order valence-corrected chi connectivity index (χ2v) is 5.63. The SMILES string of the molecule is Cn1cc(C(=O)N2CC[C@@H](c3ccc4c(c3)OCO4)C2)nn1. The normalized spacial score (nSPS) is 19.7. The van der Waals surface area contributed by atoms with Crippen LogP contribution in [0.15, 0.2) is 24.4 Å². The van der Waals surface area contributed by atoms with Crippen LogP contribution in [0.1, 0.15) is 28.4 Å². The number of likely N-dealkylation sites (tertiary alicyclic amines) is 1. The molecule has 2 aromatic rings. The summed E-state index contributed by atoms with van der Waals surface area (Å²) in [7, 11) is 1.75. The molecule has 7 nitrogen and oxygen atoms in total. The molecular formula is C15H16N4O3. The fraction of sp³-hybridized carbons (Fsp3) is 0.400. The van der Waals surface area contributed by atoms with Crippen molar-refractivity contribution < 1.29 is 14.3 Å². The first-order valence-electron chi connectivity index (χ1n) is 7.26. The minimum Gasteiger partial charge on any atom is -0.454 e. The number of aromatic nitrogens is 3. The number of ether oxygens (including phenoxy) is 2. The molecule has 0 saturated carbocycles. The van der Waals surface area contributed by atoms with Crippen LogP contribution in [0.5, 0.6) is 11.5 Å². The molecule has 1 aromatic carbocycles. The number of nitrogens with zero attached hydrogens (tertiary/aromatic N) is 4. The van der Waals surface area contributed by atoms with Crippen molar-refractivity contribution in [3.05, 3.63) is 35.7 Å². The van der Waals surface area contributed by atoms with E-state index in [4.69, 9.17) is 9.47 Å². The van der Waals surface area contributed by atoms with Gasteiger partial charge in [0.25, 0.3) is 5.91 Å². The molecular weight excluding hydrogens is 284 g/mol. The topological polar surface area (TPSA) is 69.5 Å². The van der Waals surface area contributed by atoms with E-state index < -0.39 is 0 Å². The van der Waals surface area contributed by atoms with Crippen LogP contribution in [0.4, 0.5) is 0 Å². The van der Waals surface area contributed by atoms with Crippen molar-refractivity contribution in [2.75, 3.05) is 19.9 Å². The molecule has 22 heavy (non-hydrogen) atoms. The molecule has 0 aliphatic carbocycles. The molecule has 2 aliphatic rings. The van der Waals surface area contributed by atoms with Crippen LogP contribution in [0.25, 0.3) is 0 Å². The van der Waals surface area contributed by atoms with Crippen molar-refractivity contribution in [1.29, 1.82) is 0 Å². The van der Waals surface area contributed by atoms with Crippen molar-refractivity contribution in [3.63, 3.8) is 0 Å². The summed E-state index contributed by atoms with van der Waals surface area (Å²) in [5.74, 6) is 1.83. The molecule has 0 spiro atoms. The van der Waals surface area contributed by atoms with Gasteiger partial charge < -0.3 is 14.4 Å².